The SMILES string of the molecule is COCCCN(C)C(=O)c1ccc(NC2CNC2)cc1Cl. The van der Waals surface area contributed by atoms with Gasteiger partial charge in [0.25, 0.3) is 5.91 Å². The molecule has 0 saturated carbocycles. The largest absolute Gasteiger partial charge is 0.385 e. The van der Waals surface area contributed by atoms with E-state index in [9.17, 15) is 4.79 Å². The third kappa shape index (κ3) is 4.33. The van der Waals surface area contributed by atoms with Crippen molar-refractivity contribution in [2.24, 2.45) is 0 Å². The van der Waals surface area contributed by atoms with Crippen molar-refractivity contribution in [3.63, 3.8) is 0 Å². The fraction of sp³-hybridized carbons (Fsp3) is 0.533. The molecule has 116 valence electrons. The Morgan fingerprint density at radius 1 is 1.52 bits per heavy atom. The molecule has 1 aromatic carbocycles. The van der Waals surface area contributed by atoms with Crippen molar-refractivity contribution in [3.05, 3.63) is 28.8 Å². The molecule has 1 heterocycles. The minimum absolute atomic E-state index is 0.0621. The first-order valence-corrected chi connectivity index (χ1v) is 7.51. The molecule has 1 aromatic rings. The van der Waals surface area contributed by atoms with Crippen LogP contribution in [-0.4, -0.2) is 57.2 Å². The Kier molecular flexibility index (Phi) is 5.85. The molecule has 1 saturated heterocycles. The molecule has 1 fully saturated rings. The molecule has 2 N–H and O–H groups in total. The summed E-state index contributed by atoms with van der Waals surface area (Å²) in [6.07, 6.45) is 0.810. The lowest BCUT2D eigenvalue weighted by Crippen LogP contribution is -2.51. The van der Waals surface area contributed by atoms with Crippen LogP contribution < -0.4 is 10.6 Å². The van der Waals surface area contributed by atoms with Crippen molar-refractivity contribution in [2.45, 2.75) is 12.5 Å². The third-order valence-corrected chi connectivity index (χ3v) is 3.85. The summed E-state index contributed by atoms with van der Waals surface area (Å²) in [5, 5.41) is 7.05. The number of halogens is 1. The minimum atomic E-state index is -0.0621. The van der Waals surface area contributed by atoms with E-state index in [1.165, 1.54) is 0 Å². The molecule has 21 heavy (non-hydrogen) atoms. The highest BCUT2D eigenvalue weighted by molar-refractivity contribution is 6.34. The Hall–Kier alpha value is -1.30. The van der Waals surface area contributed by atoms with Crippen LogP contribution in [0, 0.1) is 0 Å². The van der Waals surface area contributed by atoms with Crippen LogP contribution in [-0.2, 0) is 4.74 Å². The quantitative estimate of drug-likeness (QED) is 0.754. The number of hydrogen-bond acceptors (Lipinski definition) is 4. The number of ether oxygens (including phenoxy) is 1. The second kappa shape index (κ2) is 7.64. The van der Waals surface area contributed by atoms with Gasteiger partial charge in [0.2, 0.25) is 0 Å². The van der Waals surface area contributed by atoms with Gasteiger partial charge in [0.15, 0.2) is 0 Å². The van der Waals surface area contributed by atoms with E-state index in [1.807, 2.05) is 12.1 Å². The Labute approximate surface area is 130 Å². The fourth-order valence-electron chi connectivity index (χ4n) is 2.16. The second-order valence-corrected chi connectivity index (χ2v) is 5.67. The third-order valence-electron chi connectivity index (χ3n) is 3.54. The first kappa shape index (κ1) is 16.1. The molecule has 0 atom stereocenters. The molecule has 0 bridgehead atoms. The number of methoxy groups -OCH3 is 1. The van der Waals surface area contributed by atoms with Gasteiger partial charge in [-0.3, -0.25) is 4.79 Å². The van der Waals surface area contributed by atoms with Gasteiger partial charge in [-0.05, 0) is 24.6 Å². The summed E-state index contributed by atoms with van der Waals surface area (Å²) in [4.78, 5) is 14.0. The van der Waals surface area contributed by atoms with Gasteiger partial charge in [-0.15, -0.1) is 0 Å². The number of anilines is 1. The van der Waals surface area contributed by atoms with Crippen molar-refractivity contribution in [1.29, 1.82) is 0 Å². The molecule has 1 aliphatic rings. The number of benzene rings is 1. The first-order chi connectivity index (χ1) is 10.1. The lowest BCUT2D eigenvalue weighted by atomic mass is 10.1. The van der Waals surface area contributed by atoms with E-state index in [0.717, 1.165) is 25.2 Å². The number of carbonyl (C=O) groups excluding carboxylic acids is 1. The molecule has 0 spiro atoms. The van der Waals surface area contributed by atoms with Gasteiger partial charge in [0.1, 0.15) is 0 Å². The Balaban J connectivity index is 1.96. The summed E-state index contributed by atoms with van der Waals surface area (Å²) in [5.74, 6) is -0.0621. The van der Waals surface area contributed by atoms with Crippen molar-refractivity contribution in [1.82, 2.24) is 10.2 Å². The van der Waals surface area contributed by atoms with Crippen LogP contribution in [0.15, 0.2) is 18.2 Å². The van der Waals surface area contributed by atoms with Crippen LogP contribution in [0.2, 0.25) is 5.02 Å². The molecule has 2 rings (SSSR count). The number of hydrogen-bond donors (Lipinski definition) is 2. The summed E-state index contributed by atoms with van der Waals surface area (Å²) in [7, 11) is 3.43. The standard InChI is InChI=1S/C15H22ClN3O2/c1-19(6-3-7-21-2)15(20)13-5-4-11(8-14(13)16)18-12-9-17-10-12/h4-5,8,12,17-18H,3,6-7,9-10H2,1-2H3. The van der Waals surface area contributed by atoms with E-state index in [4.69, 9.17) is 16.3 Å². The maximum atomic E-state index is 12.3. The molecule has 0 unspecified atom stereocenters. The Morgan fingerprint density at radius 3 is 2.86 bits per heavy atom. The molecule has 0 aromatic heterocycles. The van der Waals surface area contributed by atoms with Gasteiger partial charge in [-0.25, -0.2) is 0 Å². The fourth-order valence-corrected chi connectivity index (χ4v) is 2.42. The lowest BCUT2D eigenvalue weighted by molar-refractivity contribution is 0.0779. The number of rotatable bonds is 7. The zero-order chi connectivity index (χ0) is 15.2. The van der Waals surface area contributed by atoms with E-state index in [2.05, 4.69) is 10.6 Å². The highest BCUT2D eigenvalue weighted by atomic mass is 35.5. The van der Waals surface area contributed by atoms with E-state index in [1.54, 1.807) is 25.1 Å². The molecule has 5 nitrogen and oxygen atoms in total. The zero-order valence-electron chi connectivity index (χ0n) is 12.5. The summed E-state index contributed by atoms with van der Waals surface area (Å²) >= 11 is 6.25. The van der Waals surface area contributed by atoms with Crippen molar-refractivity contribution >= 4 is 23.2 Å². The number of carbonyl (C=O) groups is 1. The van der Waals surface area contributed by atoms with Gasteiger partial charge in [-0.2, -0.15) is 0 Å². The molecular formula is C15H22ClN3O2. The average Bonchev–Trinajstić information content (AvgIpc) is 2.42. The predicted molar refractivity (Wildman–Crippen MR) is 85.2 cm³/mol. The van der Waals surface area contributed by atoms with Crippen LogP contribution in [0.5, 0.6) is 0 Å². The van der Waals surface area contributed by atoms with Crippen LogP contribution in [0.4, 0.5) is 5.69 Å². The highest BCUT2D eigenvalue weighted by Gasteiger charge is 2.18. The smallest absolute Gasteiger partial charge is 0.255 e. The second-order valence-electron chi connectivity index (χ2n) is 5.27. The van der Waals surface area contributed by atoms with Gasteiger partial charge in [0.05, 0.1) is 16.6 Å². The topological polar surface area (TPSA) is 53.6 Å². The summed E-state index contributed by atoms with van der Waals surface area (Å²) < 4.78 is 4.99. The van der Waals surface area contributed by atoms with Crippen molar-refractivity contribution < 1.29 is 9.53 Å². The summed E-state index contributed by atoms with van der Waals surface area (Å²) in [6, 6.07) is 5.95. The van der Waals surface area contributed by atoms with E-state index < -0.39 is 0 Å². The monoisotopic (exact) mass is 311 g/mol. The predicted octanol–water partition coefficient (Wildman–Crippen LogP) is 1.83. The van der Waals surface area contributed by atoms with Crippen LogP contribution in [0.1, 0.15) is 16.8 Å². The number of amides is 1. The van der Waals surface area contributed by atoms with Gasteiger partial charge in [0, 0.05) is 46.1 Å². The van der Waals surface area contributed by atoms with Crippen molar-refractivity contribution in [2.75, 3.05) is 45.7 Å². The lowest BCUT2D eigenvalue weighted by Gasteiger charge is -2.29. The van der Waals surface area contributed by atoms with E-state index in [0.29, 0.717) is 29.8 Å². The maximum absolute atomic E-state index is 12.3. The molecule has 6 heteroatoms. The van der Waals surface area contributed by atoms with Crippen molar-refractivity contribution in [3.8, 4) is 0 Å². The molecule has 1 amide bonds. The summed E-state index contributed by atoms with van der Waals surface area (Å²) in [5.41, 5.74) is 1.49. The summed E-state index contributed by atoms with van der Waals surface area (Å²) in [6.45, 7) is 3.21. The molecular weight excluding hydrogens is 290 g/mol. The van der Waals surface area contributed by atoms with Crippen LogP contribution >= 0.6 is 11.6 Å². The van der Waals surface area contributed by atoms with Gasteiger partial charge in [-0.1, -0.05) is 11.6 Å². The minimum Gasteiger partial charge on any atom is -0.385 e. The van der Waals surface area contributed by atoms with E-state index >= 15 is 0 Å². The number of nitrogens with one attached hydrogen (secondary N) is 2. The van der Waals surface area contributed by atoms with Crippen LogP contribution in [0.3, 0.4) is 0 Å². The molecule has 0 radical (unpaired) electrons. The molecule has 1 aliphatic heterocycles. The van der Waals surface area contributed by atoms with Gasteiger partial charge >= 0.3 is 0 Å². The Bertz CT molecular complexity index is 492. The normalized spacial score (nSPS) is 14.6. The average molecular weight is 312 g/mol. The van der Waals surface area contributed by atoms with E-state index in [-0.39, 0.29) is 5.91 Å². The first-order valence-electron chi connectivity index (χ1n) is 7.13. The molecule has 0 aliphatic carbocycles. The zero-order valence-corrected chi connectivity index (χ0v) is 13.2. The maximum Gasteiger partial charge on any atom is 0.255 e. The Morgan fingerprint density at radius 2 is 2.29 bits per heavy atom. The number of nitrogens with zero attached hydrogens (tertiary/aromatic N) is 1. The van der Waals surface area contributed by atoms with Crippen LogP contribution in [0.25, 0.3) is 0 Å². The van der Waals surface area contributed by atoms with Gasteiger partial charge < -0.3 is 20.3 Å². The highest BCUT2D eigenvalue weighted by Crippen LogP contribution is 2.23.